The van der Waals surface area contributed by atoms with Crippen LogP contribution in [0.3, 0.4) is 0 Å². The van der Waals surface area contributed by atoms with Gasteiger partial charge in [-0.15, -0.1) is 0 Å². The summed E-state index contributed by atoms with van der Waals surface area (Å²) in [5, 5.41) is 3.32. The van der Waals surface area contributed by atoms with Gasteiger partial charge in [-0.3, -0.25) is 9.69 Å². The maximum atomic E-state index is 11.7. The lowest BCUT2D eigenvalue weighted by Crippen LogP contribution is -2.58. The number of primary amides is 1. The SMILES string of the molecule is CCN(C(C)CC(C)(NC(C)C)C(N)=O)C1CC1. The van der Waals surface area contributed by atoms with Gasteiger partial charge in [-0.2, -0.15) is 0 Å². The highest BCUT2D eigenvalue weighted by Gasteiger charge is 2.38. The maximum absolute atomic E-state index is 11.7. The van der Waals surface area contributed by atoms with E-state index in [4.69, 9.17) is 5.73 Å². The molecule has 0 aromatic rings. The van der Waals surface area contributed by atoms with Crippen molar-refractivity contribution >= 4 is 5.91 Å². The van der Waals surface area contributed by atoms with E-state index in [2.05, 4.69) is 24.1 Å². The van der Waals surface area contributed by atoms with Gasteiger partial charge in [0.25, 0.3) is 0 Å². The van der Waals surface area contributed by atoms with Crippen LogP contribution in [-0.4, -0.2) is 41.0 Å². The van der Waals surface area contributed by atoms with Crippen molar-refractivity contribution in [3.63, 3.8) is 0 Å². The molecule has 0 radical (unpaired) electrons. The van der Waals surface area contributed by atoms with E-state index in [0.717, 1.165) is 19.0 Å². The third-order valence-electron chi connectivity index (χ3n) is 3.80. The first-order valence-electron chi connectivity index (χ1n) is 7.13. The summed E-state index contributed by atoms with van der Waals surface area (Å²) in [5.74, 6) is -0.255. The van der Waals surface area contributed by atoms with Crippen molar-refractivity contribution in [3.05, 3.63) is 0 Å². The van der Waals surface area contributed by atoms with Gasteiger partial charge in [-0.05, 0) is 53.5 Å². The van der Waals surface area contributed by atoms with Crippen LogP contribution in [-0.2, 0) is 4.79 Å². The standard InChI is InChI=1S/C14H29N3O/c1-6-17(12-7-8-12)11(4)9-14(5,13(15)18)16-10(2)3/h10-12,16H,6-9H2,1-5H3,(H2,15,18). The molecule has 0 aromatic carbocycles. The minimum atomic E-state index is -0.615. The van der Waals surface area contributed by atoms with Gasteiger partial charge in [0.05, 0.1) is 5.54 Å². The van der Waals surface area contributed by atoms with E-state index in [1.165, 1.54) is 12.8 Å². The predicted octanol–water partition coefficient (Wildman–Crippen LogP) is 1.49. The normalized spacial score (nSPS) is 21.1. The van der Waals surface area contributed by atoms with Gasteiger partial charge in [0, 0.05) is 18.1 Å². The molecule has 2 unspecified atom stereocenters. The molecule has 3 N–H and O–H groups in total. The van der Waals surface area contributed by atoms with Crippen LogP contribution in [0.4, 0.5) is 0 Å². The molecular weight excluding hydrogens is 226 g/mol. The second-order valence-corrected chi connectivity index (χ2v) is 6.11. The van der Waals surface area contributed by atoms with Gasteiger partial charge < -0.3 is 11.1 Å². The molecule has 0 spiro atoms. The quantitative estimate of drug-likeness (QED) is 0.691. The predicted molar refractivity (Wildman–Crippen MR) is 75.4 cm³/mol. The molecule has 106 valence electrons. The van der Waals surface area contributed by atoms with E-state index in [9.17, 15) is 4.79 Å². The lowest BCUT2D eigenvalue weighted by Gasteiger charge is -2.36. The molecule has 2 atom stereocenters. The molecule has 1 aliphatic carbocycles. The molecular formula is C14H29N3O. The Morgan fingerprint density at radius 1 is 1.44 bits per heavy atom. The van der Waals surface area contributed by atoms with Crippen LogP contribution in [0.2, 0.25) is 0 Å². The first kappa shape index (κ1) is 15.4. The Morgan fingerprint density at radius 2 is 2.00 bits per heavy atom. The zero-order valence-corrected chi connectivity index (χ0v) is 12.5. The summed E-state index contributed by atoms with van der Waals surface area (Å²) in [6.07, 6.45) is 3.36. The number of rotatable bonds is 8. The second-order valence-electron chi connectivity index (χ2n) is 6.11. The zero-order chi connectivity index (χ0) is 13.9. The Kier molecular flexibility index (Phi) is 5.17. The highest BCUT2D eigenvalue weighted by atomic mass is 16.1. The van der Waals surface area contributed by atoms with E-state index < -0.39 is 5.54 Å². The smallest absolute Gasteiger partial charge is 0.237 e. The van der Waals surface area contributed by atoms with Gasteiger partial charge in [-0.25, -0.2) is 0 Å². The molecule has 4 nitrogen and oxygen atoms in total. The highest BCUT2D eigenvalue weighted by Crippen LogP contribution is 2.30. The molecule has 1 amide bonds. The van der Waals surface area contributed by atoms with Crippen molar-refractivity contribution in [2.24, 2.45) is 5.73 Å². The third kappa shape index (κ3) is 3.95. The fourth-order valence-corrected chi connectivity index (χ4v) is 2.91. The fourth-order valence-electron chi connectivity index (χ4n) is 2.91. The van der Waals surface area contributed by atoms with Crippen molar-refractivity contribution in [1.82, 2.24) is 10.2 Å². The summed E-state index contributed by atoms with van der Waals surface area (Å²) >= 11 is 0. The van der Waals surface area contributed by atoms with Crippen molar-refractivity contribution < 1.29 is 4.79 Å². The van der Waals surface area contributed by atoms with Gasteiger partial charge in [0.15, 0.2) is 0 Å². The molecule has 0 aromatic heterocycles. The summed E-state index contributed by atoms with van der Waals surface area (Å²) in [6, 6.07) is 1.36. The molecule has 1 rings (SSSR count). The monoisotopic (exact) mass is 255 g/mol. The minimum absolute atomic E-state index is 0.255. The van der Waals surface area contributed by atoms with Crippen LogP contribution < -0.4 is 11.1 Å². The van der Waals surface area contributed by atoms with Gasteiger partial charge in [0.2, 0.25) is 5.91 Å². The summed E-state index contributed by atoms with van der Waals surface area (Å²) in [6.45, 7) is 11.4. The molecule has 0 bridgehead atoms. The number of hydrogen-bond donors (Lipinski definition) is 2. The number of nitrogens with one attached hydrogen (secondary N) is 1. The van der Waals surface area contributed by atoms with Crippen LogP contribution in [0.15, 0.2) is 0 Å². The molecule has 4 heteroatoms. The Morgan fingerprint density at radius 3 is 2.33 bits per heavy atom. The topological polar surface area (TPSA) is 58.4 Å². The molecule has 1 aliphatic rings. The van der Waals surface area contributed by atoms with Crippen molar-refractivity contribution in [2.75, 3.05) is 6.54 Å². The summed E-state index contributed by atoms with van der Waals surface area (Å²) in [7, 11) is 0. The first-order chi connectivity index (χ1) is 8.30. The molecule has 1 saturated carbocycles. The van der Waals surface area contributed by atoms with Crippen LogP contribution in [0, 0.1) is 0 Å². The van der Waals surface area contributed by atoms with Crippen molar-refractivity contribution in [1.29, 1.82) is 0 Å². The van der Waals surface area contributed by atoms with Crippen LogP contribution >= 0.6 is 0 Å². The van der Waals surface area contributed by atoms with Crippen molar-refractivity contribution in [3.8, 4) is 0 Å². The fraction of sp³-hybridized carbons (Fsp3) is 0.929. The Bertz CT molecular complexity index is 289. The van der Waals surface area contributed by atoms with Gasteiger partial charge >= 0.3 is 0 Å². The number of carbonyl (C=O) groups is 1. The van der Waals surface area contributed by atoms with Crippen LogP contribution in [0.1, 0.15) is 53.9 Å². The molecule has 0 aliphatic heterocycles. The van der Waals surface area contributed by atoms with Crippen LogP contribution in [0.25, 0.3) is 0 Å². The number of nitrogens with two attached hydrogens (primary N) is 1. The van der Waals surface area contributed by atoms with Gasteiger partial charge in [-0.1, -0.05) is 6.92 Å². The van der Waals surface area contributed by atoms with E-state index in [-0.39, 0.29) is 11.9 Å². The molecule has 0 saturated heterocycles. The lowest BCUT2D eigenvalue weighted by molar-refractivity contribution is -0.125. The number of amides is 1. The number of carbonyl (C=O) groups excluding carboxylic acids is 1. The zero-order valence-electron chi connectivity index (χ0n) is 12.5. The lowest BCUT2D eigenvalue weighted by atomic mass is 9.91. The molecule has 1 fully saturated rings. The van der Waals surface area contributed by atoms with E-state index in [1.807, 2.05) is 20.8 Å². The Hall–Kier alpha value is -0.610. The molecule has 0 heterocycles. The van der Waals surface area contributed by atoms with E-state index in [0.29, 0.717) is 6.04 Å². The summed E-state index contributed by atoms with van der Waals surface area (Å²) in [4.78, 5) is 14.2. The maximum Gasteiger partial charge on any atom is 0.237 e. The third-order valence-corrected chi connectivity index (χ3v) is 3.80. The van der Waals surface area contributed by atoms with Crippen LogP contribution in [0.5, 0.6) is 0 Å². The Labute approximate surface area is 111 Å². The highest BCUT2D eigenvalue weighted by molar-refractivity contribution is 5.84. The number of nitrogens with zero attached hydrogens (tertiary/aromatic N) is 1. The number of hydrogen-bond acceptors (Lipinski definition) is 3. The van der Waals surface area contributed by atoms with E-state index in [1.54, 1.807) is 0 Å². The average Bonchev–Trinajstić information content (AvgIpc) is 3.01. The largest absolute Gasteiger partial charge is 0.368 e. The summed E-state index contributed by atoms with van der Waals surface area (Å²) in [5.41, 5.74) is 4.97. The first-order valence-corrected chi connectivity index (χ1v) is 7.13. The van der Waals surface area contributed by atoms with E-state index >= 15 is 0 Å². The molecule has 18 heavy (non-hydrogen) atoms. The van der Waals surface area contributed by atoms with Gasteiger partial charge in [0.1, 0.15) is 0 Å². The minimum Gasteiger partial charge on any atom is -0.368 e. The van der Waals surface area contributed by atoms with Crippen molar-refractivity contribution in [2.45, 2.75) is 77.5 Å². The second kappa shape index (κ2) is 6.02. The average molecular weight is 255 g/mol. The summed E-state index contributed by atoms with van der Waals surface area (Å²) < 4.78 is 0. The Balaban J connectivity index is 2.67.